The van der Waals surface area contributed by atoms with E-state index >= 15 is 0 Å². The predicted octanol–water partition coefficient (Wildman–Crippen LogP) is 2.14. The van der Waals surface area contributed by atoms with Crippen LogP contribution in [0.2, 0.25) is 0 Å². The van der Waals surface area contributed by atoms with E-state index in [1.165, 1.54) is 6.07 Å². The Labute approximate surface area is 125 Å². The molecule has 0 bridgehead atoms. The van der Waals surface area contributed by atoms with Gasteiger partial charge in [-0.3, -0.25) is 0 Å². The van der Waals surface area contributed by atoms with Crippen molar-refractivity contribution in [1.29, 1.82) is 0 Å². The van der Waals surface area contributed by atoms with Gasteiger partial charge in [0.05, 0.1) is 13.1 Å². The van der Waals surface area contributed by atoms with Crippen LogP contribution in [0.3, 0.4) is 0 Å². The SMILES string of the molecule is CNCc1cc(S(=O)(=O)NCc2ccc(C)o2)c(Br)o1. The normalized spacial score (nSPS) is 11.9. The predicted molar refractivity (Wildman–Crippen MR) is 76.6 cm³/mol. The Hall–Kier alpha value is -1.09. The van der Waals surface area contributed by atoms with Crippen molar-refractivity contribution in [2.24, 2.45) is 0 Å². The first-order chi connectivity index (χ1) is 9.42. The topological polar surface area (TPSA) is 84.5 Å². The molecular formula is C12H15BrN2O4S. The maximum Gasteiger partial charge on any atom is 0.245 e. The Morgan fingerprint density at radius 1 is 1.20 bits per heavy atom. The maximum atomic E-state index is 12.2. The third-order valence-electron chi connectivity index (χ3n) is 2.58. The summed E-state index contributed by atoms with van der Waals surface area (Å²) in [6.45, 7) is 2.34. The second-order valence-corrected chi connectivity index (χ2v) is 6.67. The summed E-state index contributed by atoms with van der Waals surface area (Å²) in [5, 5.41) is 2.89. The number of halogens is 1. The summed E-state index contributed by atoms with van der Waals surface area (Å²) in [5.41, 5.74) is 0. The van der Waals surface area contributed by atoms with Crippen molar-refractivity contribution in [3.63, 3.8) is 0 Å². The molecule has 0 fully saturated rings. The summed E-state index contributed by atoms with van der Waals surface area (Å²) in [7, 11) is -1.90. The van der Waals surface area contributed by atoms with Crippen molar-refractivity contribution in [3.8, 4) is 0 Å². The van der Waals surface area contributed by atoms with Crippen LogP contribution in [0.25, 0.3) is 0 Å². The molecule has 0 saturated heterocycles. The molecule has 2 aromatic heterocycles. The summed E-state index contributed by atoms with van der Waals surface area (Å²) >= 11 is 3.12. The van der Waals surface area contributed by atoms with Gasteiger partial charge >= 0.3 is 0 Å². The third kappa shape index (κ3) is 3.51. The van der Waals surface area contributed by atoms with E-state index in [2.05, 4.69) is 26.0 Å². The first-order valence-corrected chi connectivity index (χ1v) is 8.18. The molecule has 0 atom stereocenters. The lowest BCUT2D eigenvalue weighted by molar-refractivity contribution is 0.467. The van der Waals surface area contributed by atoms with Gasteiger partial charge in [-0.25, -0.2) is 13.1 Å². The number of rotatable bonds is 6. The van der Waals surface area contributed by atoms with E-state index in [1.807, 2.05) is 0 Å². The highest BCUT2D eigenvalue weighted by Crippen LogP contribution is 2.26. The monoisotopic (exact) mass is 362 g/mol. The van der Waals surface area contributed by atoms with E-state index in [0.717, 1.165) is 5.76 Å². The van der Waals surface area contributed by atoms with Gasteiger partial charge in [-0.15, -0.1) is 0 Å². The highest BCUT2D eigenvalue weighted by molar-refractivity contribution is 9.10. The molecule has 6 nitrogen and oxygen atoms in total. The zero-order valence-electron chi connectivity index (χ0n) is 11.1. The number of aryl methyl sites for hydroxylation is 1. The van der Waals surface area contributed by atoms with Gasteiger partial charge < -0.3 is 14.2 Å². The fourth-order valence-corrected chi connectivity index (χ4v) is 3.66. The van der Waals surface area contributed by atoms with E-state index in [4.69, 9.17) is 8.83 Å². The molecule has 2 rings (SSSR count). The van der Waals surface area contributed by atoms with Gasteiger partial charge in [0.1, 0.15) is 22.2 Å². The molecule has 2 heterocycles. The molecule has 0 unspecified atom stereocenters. The van der Waals surface area contributed by atoms with Crippen molar-refractivity contribution in [3.05, 3.63) is 40.1 Å². The van der Waals surface area contributed by atoms with Gasteiger partial charge in [-0.2, -0.15) is 0 Å². The van der Waals surface area contributed by atoms with Crippen LogP contribution in [0, 0.1) is 6.92 Å². The van der Waals surface area contributed by atoms with Crippen molar-refractivity contribution < 1.29 is 17.3 Å². The molecule has 2 N–H and O–H groups in total. The van der Waals surface area contributed by atoms with Crippen LogP contribution in [0.1, 0.15) is 17.3 Å². The number of nitrogens with one attached hydrogen (secondary N) is 2. The molecule has 0 aromatic carbocycles. The standard InChI is InChI=1S/C12H15BrN2O4S/c1-8-3-4-9(18-8)7-15-20(16,17)11-5-10(6-14-2)19-12(11)13/h3-5,14-15H,6-7H2,1-2H3. The second kappa shape index (κ2) is 6.13. The van der Waals surface area contributed by atoms with E-state index < -0.39 is 10.0 Å². The molecule has 8 heteroatoms. The molecule has 0 aliphatic carbocycles. The quantitative estimate of drug-likeness (QED) is 0.822. The minimum atomic E-state index is -3.66. The average Bonchev–Trinajstić information content (AvgIpc) is 2.94. The molecule has 0 amide bonds. The smallest absolute Gasteiger partial charge is 0.245 e. The minimum Gasteiger partial charge on any atom is -0.465 e. The molecule has 0 radical (unpaired) electrons. The van der Waals surface area contributed by atoms with Gasteiger partial charge in [0.2, 0.25) is 10.0 Å². The van der Waals surface area contributed by atoms with Crippen molar-refractivity contribution in [2.45, 2.75) is 24.9 Å². The molecule has 0 spiro atoms. The van der Waals surface area contributed by atoms with Crippen molar-refractivity contribution in [1.82, 2.24) is 10.0 Å². The molecular weight excluding hydrogens is 348 g/mol. The van der Waals surface area contributed by atoms with Crippen LogP contribution < -0.4 is 10.0 Å². The van der Waals surface area contributed by atoms with Gasteiger partial charge in [0.25, 0.3) is 0 Å². The van der Waals surface area contributed by atoms with E-state index in [9.17, 15) is 8.42 Å². The van der Waals surface area contributed by atoms with Crippen LogP contribution in [0.4, 0.5) is 0 Å². The molecule has 0 saturated carbocycles. The lowest BCUT2D eigenvalue weighted by atomic mass is 10.4. The maximum absolute atomic E-state index is 12.2. The Morgan fingerprint density at radius 3 is 2.55 bits per heavy atom. The van der Waals surface area contributed by atoms with Gasteiger partial charge in [-0.1, -0.05) is 0 Å². The average molecular weight is 363 g/mol. The second-order valence-electron chi connectivity index (χ2n) is 4.22. The molecule has 0 aliphatic heterocycles. The van der Waals surface area contributed by atoms with E-state index in [1.54, 1.807) is 26.1 Å². The highest BCUT2D eigenvalue weighted by atomic mass is 79.9. The molecule has 0 aliphatic rings. The number of hydrogen-bond acceptors (Lipinski definition) is 5. The largest absolute Gasteiger partial charge is 0.465 e. The summed E-state index contributed by atoms with van der Waals surface area (Å²) in [6.07, 6.45) is 0. The van der Waals surface area contributed by atoms with E-state index in [0.29, 0.717) is 18.1 Å². The Morgan fingerprint density at radius 2 is 1.95 bits per heavy atom. The fraction of sp³-hybridized carbons (Fsp3) is 0.333. The Kier molecular flexibility index (Phi) is 4.69. The van der Waals surface area contributed by atoms with Gasteiger partial charge in [0.15, 0.2) is 4.67 Å². The van der Waals surface area contributed by atoms with Gasteiger partial charge in [-0.05, 0) is 42.0 Å². The number of furan rings is 2. The summed E-state index contributed by atoms with van der Waals surface area (Å²) in [5.74, 6) is 1.83. The summed E-state index contributed by atoms with van der Waals surface area (Å²) in [6, 6.07) is 4.99. The van der Waals surface area contributed by atoms with Crippen molar-refractivity contribution in [2.75, 3.05) is 7.05 Å². The first-order valence-electron chi connectivity index (χ1n) is 5.90. The Balaban J connectivity index is 2.13. The van der Waals surface area contributed by atoms with Gasteiger partial charge in [0, 0.05) is 6.07 Å². The number of hydrogen-bond donors (Lipinski definition) is 2. The van der Waals surface area contributed by atoms with Crippen LogP contribution in [0.5, 0.6) is 0 Å². The summed E-state index contributed by atoms with van der Waals surface area (Å²) in [4.78, 5) is 0.0750. The first kappa shape index (κ1) is 15.3. The van der Waals surface area contributed by atoms with Crippen LogP contribution in [-0.2, 0) is 23.1 Å². The lowest BCUT2D eigenvalue weighted by Gasteiger charge is -2.02. The fourth-order valence-electron chi connectivity index (χ4n) is 1.67. The van der Waals surface area contributed by atoms with Crippen LogP contribution in [-0.4, -0.2) is 15.5 Å². The highest BCUT2D eigenvalue weighted by Gasteiger charge is 2.22. The number of sulfonamides is 1. The molecule has 20 heavy (non-hydrogen) atoms. The third-order valence-corrected chi connectivity index (χ3v) is 4.84. The lowest BCUT2D eigenvalue weighted by Crippen LogP contribution is -2.22. The van der Waals surface area contributed by atoms with Crippen molar-refractivity contribution >= 4 is 26.0 Å². The zero-order valence-corrected chi connectivity index (χ0v) is 13.5. The Bertz CT molecular complexity index is 690. The minimum absolute atomic E-state index is 0.0750. The van der Waals surface area contributed by atoms with Crippen LogP contribution >= 0.6 is 15.9 Å². The molecule has 2 aromatic rings. The molecule has 110 valence electrons. The summed E-state index contributed by atoms with van der Waals surface area (Å²) < 4.78 is 37.7. The zero-order chi connectivity index (χ0) is 14.8. The van der Waals surface area contributed by atoms with E-state index in [-0.39, 0.29) is 16.1 Å². The van der Waals surface area contributed by atoms with Crippen LogP contribution in [0.15, 0.2) is 36.6 Å².